The highest BCUT2D eigenvalue weighted by molar-refractivity contribution is 7.81. The highest BCUT2D eigenvalue weighted by Gasteiger charge is 2.08. The summed E-state index contributed by atoms with van der Waals surface area (Å²) >= 11 is 5.48. The molecule has 1 atom stereocenters. The van der Waals surface area contributed by atoms with Crippen molar-refractivity contribution in [3.63, 3.8) is 0 Å². The quantitative estimate of drug-likeness (QED) is 0.745. The molecule has 1 aromatic rings. The molecular formula is C8H12N2OS2. The van der Waals surface area contributed by atoms with E-state index in [0.29, 0.717) is 6.54 Å². The fourth-order valence-electron chi connectivity index (χ4n) is 0.888. The summed E-state index contributed by atoms with van der Waals surface area (Å²) in [6.45, 7) is 2.67. The number of nitrogens with zero attached hydrogens (tertiary/aromatic N) is 1. The molecule has 0 aromatic carbocycles. The van der Waals surface area contributed by atoms with E-state index in [4.69, 9.17) is 0 Å². The van der Waals surface area contributed by atoms with Crippen molar-refractivity contribution in [2.45, 2.75) is 12.8 Å². The molecule has 1 amide bonds. The molecule has 0 bridgehead atoms. The van der Waals surface area contributed by atoms with Crippen molar-refractivity contribution in [2.24, 2.45) is 0 Å². The van der Waals surface area contributed by atoms with E-state index >= 15 is 0 Å². The minimum Gasteiger partial charge on any atom is -0.355 e. The van der Waals surface area contributed by atoms with E-state index in [1.165, 1.54) is 0 Å². The molecule has 1 unspecified atom stereocenters. The number of carbonyl (C=O) groups is 1. The number of thiol groups is 1. The number of thiazole rings is 1. The summed E-state index contributed by atoms with van der Waals surface area (Å²) in [4.78, 5) is 15.0. The molecule has 0 aliphatic rings. The number of hydrogen-bond acceptors (Lipinski definition) is 4. The third-order valence-corrected chi connectivity index (χ3v) is 2.92. The number of aromatic nitrogens is 1. The van der Waals surface area contributed by atoms with E-state index in [9.17, 15) is 4.79 Å². The predicted octanol–water partition coefficient (Wildman–Crippen LogP) is 1.29. The zero-order valence-corrected chi connectivity index (χ0v) is 9.07. The van der Waals surface area contributed by atoms with Crippen molar-refractivity contribution in [3.8, 4) is 0 Å². The normalized spacial score (nSPS) is 12.5. The molecule has 0 fully saturated rings. The van der Waals surface area contributed by atoms with Gasteiger partial charge < -0.3 is 5.32 Å². The van der Waals surface area contributed by atoms with E-state index < -0.39 is 0 Å². The van der Waals surface area contributed by atoms with Crippen molar-refractivity contribution in [2.75, 3.05) is 12.3 Å². The minimum absolute atomic E-state index is 0.0354. The first-order valence-electron chi connectivity index (χ1n) is 4.01. The number of amides is 1. The average molecular weight is 216 g/mol. The van der Waals surface area contributed by atoms with Gasteiger partial charge in [-0.2, -0.15) is 12.6 Å². The van der Waals surface area contributed by atoms with Gasteiger partial charge in [-0.25, -0.2) is 4.98 Å². The lowest BCUT2D eigenvalue weighted by Crippen LogP contribution is -2.28. The molecule has 0 radical (unpaired) electrons. The average Bonchev–Trinajstić information content (AvgIpc) is 2.66. The fourth-order valence-corrected chi connectivity index (χ4v) is 1.70. The summed E-state index contributed by atoms with van der Waals surface area (Å²) in [6, 6.07) is 0. The fraction of sp³-hybridized carbons (Fsp3) is 0.500. The Kier molecular flexibility index (Phi) is 4.24. The molecule has 13 heavy (non-hydrogen) atoms. The Bertz CT molecular complexity index is 261. The first-order valence-corrected chi connectivity index (χ1v) is 5.52. The molecule has 1 N–H and O–H groups in total. The van der Waals surface area contributed by atoms with Crippen molar-refractivity contribution < 1.29 is 4.79 Å². The molecule has 0 aliphatic heterocycles. The van der Waals surface area contributed by atoms with Gasteiger partial charge in [0.15, 0.2) is 0 Å². The van der Waals surface area contributed by atoms with Crippen LogP contribution in [0.3, 0.4) is 0 Å². The first-order chi connectivity index (χ1) is 6.24. The van der Waals surface area contributed by atoms with Crippen LogP contribution < -0.4 is 5.32 Å². The molecule has 1 heterocycles. The van der Waals surface area contributed by atoms with Crippen molar-refractivity contribution in [1.82, 2.24) is 10.3 Å². The van der Waals surface area contributed by atoms with Gasteiger partial charge in [0.2, 0.25) is 5.91 Å². The maximum absolute atomic E-state index is 10.9. The molecule has 3 nitrogen and oxygen atoms in total. The van der Waals surface area contributed by atoms with Crippen LogP contribution >= 0.6 is 24.0 Å². The molecule has 0 saturated carbocycles. The van der Waals surface area contributed by atoms with Crippen LogP contribution in [0.15, 0.2) is 11.6 Å². The van der Waals surface area contributed by atoms with Gasteiger partial charge in [-0.1, -0.05) is 6.92 Å². The number of hydrogen-bond donors (Lipinski definition) is 2. The minimum atomic E-state index is -0.0354. The molecule has 5 heteroatoms. The Labute approximate surface area is 87.0 Å². The van der Waals surface area contributed by atoms with Gasteiger partial charge in [0, 0.05) is 24.0 Å². The van der Waals surface area contributed by atoms with Gasteiger partial charge in [-0.3, -0.25) is 4.79 Å². The van der Waals surface area contributed by atoms with Crippen LogP contribution in [0.25, 0.3) is 0 Å². The monoisotopic (exact) mass is 216 g/mol. The van der Waals surface area contributed by atoms with Gasteiger partial charge in [-0.05, 0) is 0 Å². The second-order valence-corrected chi connectivity index (χ2v) is 3.98. The summed E-state index contributed by atoms with van der Waals surface area (Å²) in [5.41, 5.74) is 0. The Morgan fingerprint density at radius 1 is 1.85 bits per heavy atom. The van der Waals surface area contributed by atoms with Crippen LogP contribution in [0.2, 0.25) is 0 Å². The van der Waals surface area contributed by atoms with Gasteiger partial charge in [0.1, 0.15) is 0 Å². The summed E-state index contributed by atoms with van der Waals surface area (Å²) in [5, 5.41) is 5.76. The van der Waals surface area contributed by atoms with Crippen LogP contribution in [0.5, 0.6) is 0 Å². The van der Waals surface area contributed by atoms with E-state index in [0.717, 1.165) is 5.01 Å². The van der Waals surface area contributed by atoms with Gasteiger partial charge >= 0.3 is 0 Å². The highest BCUT2D eigenvalue weighted by Crippen LogP contribution is 2.16. The van der Waals surface area contributed by atoms with E-state index in [1.54, 1.807) is 17.5 Å². The van der Waals surface area contributed by atoms with Crippen molar-refractivity contribution in [1.29, 1.82) is 0 Å². The van der Waals surface area contributed by atoms with Crippen LogP contribution in [0, 0.1) is 0 Å². The molecule has 0 aliphatic carbocycles. The Morgan fingerprint density at radius 2 is 2.62 bits per heavy atom. The maximum Gasteiger partial charge on any atom is 0.229 e. The van der Waals surface area contributed by atoms with Gasteiger partial charge in [0.25, 0.3) is 0 Å². The van der Waals surface area contributed by atoms with Crippen molar-refractivity contribution in [3.05, 3.63) is 16.6 Å². The van der Waals surface area contributed by atoms with Gasteiger partial charge in [0.05, 0.1) is 10.8 Å². The smallest absolute Gasteiger partial charge is 0.229 e. The second kappa shape index (κ2) is 5.24. The van der Waals surface area contributed by atoms with Gasteiger partial charge in [-0.15, -0.1) is 11.3 Å². The van der Waals surface area contributed by atoms with E-state index in [2.05, 4.69) is 22.9 Å². The third kappa shape index (κ3) is 3.36. The molecule has 1 aromatic heterocycles. The molecule has 0 saturated heterocycles. The zero-order valence-electron chi connectivity index (χ0n) is 7.36. The maximum atomic E-state index is 10.9. The molecule has 1 rings (SSSR count). The summed E-state index contributed by atoms with van der Waals surface area (Å²) in [5.74, 6) is 0.487. The lowest BCUT2D eigenvalue weighted by molar-refractivity contribution is -0.118. The Hall–Kier alpha value is -0.550. The van der Waals surface area contributed by atoms with E-state index in [1.807, 2.05) is 12.3 Å². The molecule has 0 spiro atoms. The Balaban J connectivity index is 2.34. The van der Waals surface area contributed by atoms with Crippen LogP contribution in [-0.4, -0.2) is 23.2 Å². The first kappa shape index (κ1) is 10.5. The molecule has 72 valence electrons. The third-order valence-electron chi connectivity index (χ3n) is 1.62. The highest BCUT2D eigenvalue weighted by atomic mass is 32.1. The SMILES string of the molecule is CC(CNC(=O)CS)c1nccs1. The summed E-state index contributed by atoms with van der Waals surface area (Å²) in [6.07, 6.45) is 1.77. The zero-order chi connectivity index (χ0) is 9.68. The van der Waals surface area contributed by atoms with E-state index in [-0.39, 0.29) is 17.6 Å². The predicted molar refractivity (Wildman–Crippen MR) is 57.4 cm³/mol. The number of carbonyl (C=O) groups excluding carboxylic acids is 1. The topological polar surface area (TPSA) is 42.0 Å². The second-order valence-electron chi connectivity index (χ2n) is 2.73. The number of nitrogens with one attached hydrogen (secondary N) is 1. The molecular weight excluding hydrogens is 204 g/mol. The standard InChI is InChI=1S/C8H12N2OS2/c1-6(4-10-7(11)5-12)8-9-2-3-13-8/h2-3,6,12H,4-5H2,1H3,(H,10,11). The van der Waals surface area contributed by atoms with Crippen LogP contribution in [0.1, 0.15) is 17.8 Å². The van der Waals surface area contributed by atoms with Crippen LogP contribution in [0.4, 0.5) is 0 Å². The summed E-state index contributed by atoms with van der Waals surface area (Å²) in [7, 11) is 0. The summed E-state index contributed by atoms with van der Waals surface area (Å²) < 4.78 is 0. The lowest BCUT2D eigenvalue weighted by Gasteiger charge is -2.08. The Morgan fingerprint density at radius 3 is 3.15 bits per heavy atom. The largest absolute Gasteiger partial charge is 0.355 e. The number of rotatable bonds is 4. The lowest BCUT2D eigenvalue weighted by atomic mass is 10.2. The van der Waals surface area contributed by atoms with Crippen molar-refractivity contribution >= 4 is 29.9 Å². The van der Waals surface area contributed by atoms with Crippen LogP contribution in [-0.2, 0) is 4.79 Å².